The van der Waals surface area contributed by atoms with E-state index in [0.29, 0.717) is 26.2 Å². The summed E-state index contributed by atoms with van der Waals surface area (Å²) >= 11 is 0. The topological polar surface area (TPSA) is 59.4 Å². The van der Waals surface area contributed by atoms with Gasteiger partial charge in [-0.15, -0.1) is 0 Å². The number of amides is 1. The molecular formula is C13H22N4O2. The lowest BCUT2D eigenvalue weighted by Crippen LogP contribution is -2.48. The van der Waals surface area contributed by atoms with Crippen molar-refractivity contribution < 1.29 is 9.53 Å². The van der Waals surface area contributed by atoms with Crippen LogP contribution in [0, 0.1) is 0 Å². The quantitative estimate of drug-likeness (QED) is 0.822. The molecule has 1 amide bonds. The predicted octanol–water partition coefficient (Wildman–Crippen LogP) is 0.109. The van der Waals surface area contributed by atoms with E-state index >= 15 is 0 Å². The predicted molar refractivity (Wildman–Crippen MR) is 71.7 cm³/mol. The first-order valence-corrected chi connectivity index (χ1v) is 6.75. The summed E-state index contributed by atoms with van der Waals surface area (Å²) in [6.07, 6.45) is 3.82. The molecule has 0 saturated carbocycles. The molecule has 0 radical (unpaired) electrons. The molecule has 2 rings (SSSR count). The molecule has 106 valence electrons. The van der Waals surface area contributed by atoms with E-state index in [4.69, 9.17) is 4.74 Å². The Balaban J connectivity index is 1.70. The Morgan fingerprint density at radius 3 is 3.16 bits per heavy atom. The molecule has 2 heterocycles. The molecule has 0 spiro atoms. The van der Waals surface area contributed by atoms with Crippen LogP contribution in [0.3, 0.4) is 0 Å². The van der Waals surface area contributed by atoms with Crippen molar-refractivity contribution in [3.63, 3.8) is 0 Å². The number of rotatable bonds is 5. The fourth-order valence-electron chi connectivity index (χ4n) is 2.17. The molecule has 19 heavy (non-hydrogen) atoms. The highest BCUT2D eigenvalue weighted by Crippen LogP contribution is 2.04. The Morgan fingerprint density at radius 1 is 1.63 bits per heavy atom. The number of hydrogen-bond donors (Lipinski definition) is 1. The number of carbonyl (C=O) groups is 1. The Hall–Kier alpha value is -1.40. The monoisotopic (exact) mass is 266 g/mol. The van der Waals surface area contributed by atoms with Crippen molar-refractivity contribution in [2.45, 2.75) is 32.5 Å². The van der Waals surface area contributed by atoms with Crippen LogP contribution in [0.15, 0.2) is 18.5 Å². The number of aromatic nitrogens is 2. The van der Waals surface area contributed by atoms with E-state index < -0.39 is 0 Å². The first-order valence-electron chi connectivity index (χ1n) is 6.75. The van der Waals surface area contributed by atoms with Crippen LogP contribution in [0.5, 0.6) is 0 Å². The minimum Gasteiger partial charge on any atom is -0.375 e. The Kier molecular flexibility index (Phi) is 4.93. The molecule has 0 aliphatic carbocycles. The van der Waals surface area contributed by atoms with E-state index in [1.807, 2.05) is 28.8 Å². The SMILES string of the molecule is C[C@H](Cn1cccn1)NCC(=O)N1CCO[C@H](C)C1. The molecule has 0 aromatic carbocycles. The van der Waals surface area contributed by atoms with Crippen LogP contribution in [0.1, 0.15) is 13.8 Å². The van der Waals surface area contributed by atoms with Gasteiger partial charge < -0.3 is 15.0 Å². The van der Waals surface area contributed by atoms with Crippen molar-refractivity contribution in [1.29, 1.82) is 0 Å². The summed E-state index contributed by atoms with van der Waals surface area (Å²) < 4.78 is 7.29. The van der Waals surface area contributed by atoms with E-state index in [-0.39, 0.29) is 18.1 Å². The van der Waals surface area contributed by atoms with Crippen LogP contribution in [0.2, 0.25) is 0 Å². The molecule has 6 nitrogen and oxygen atoms in total. The number of carbonyl (C=O) groups excluding carboxylic acids is 1. The van der Waals surface area contributed by atoms with Crippen LogP contribution in [0.4, 0.5) is 0 Å². The largest absolute Gasteiger partial charge is 0.375 e. The third-order valence-corrected chi connectivity index (χ3v) is 3.22. The van der Waals surface area contributed by atoms with Crippen molar-refractivity contribution in [2.75, 3.05) is 26.2 Å². The third kappa shape index (κ3) is 4.33. The van der Waals surface area contributed by atoms with E-state index in [9.17, 15) is 4.79 Å². The van der Waals surface area contributed by atoms with Gasteiger partial charge >= 0.3 is 0 Å². The van der Waals surface area contributed by atoms with Gasteiger partial charge in [-0.05, 0) is 19.9 Å². The first-order chi connectivity index (χ1) is 9.15. The van der Waals surface area contributed by atoms with Gasteiger partial charge in [0.15, 0.2) is 0 Å². The van der Waals surface area contributed by atoms with E-state index in [1.165, 1.54) is 0 Å². The highest BCUT2D eigenvalue weighted by atomic mass is 16.5. The summed E-state index contributed by atoms with van der Waals surface area (Å²) in [6.45, 7) is 7.20. The second-order valence-electron chi connectivity index (χ2n) is 5.03. The molecule has 1 saturated heterocycles. The summed E-state index contributed by atoms with van der Waals surface area (Å²) in [4.78, 5) is 13.9. The Morgan fingerprint density at radius 2 is 2.47 bits per heavy atom. The zero-order valence-corrected chi connectivity index (χ0v) is 11.6. The number of nitrogens with one attached hydrogen (secondary N) is 1. The minimum atomic E-state index is 0.138. The average molecular weight is 266 g/mol. The minimum absolute atomic E-state index is 0.138. The smallest absolute Gasteiger partial charge is 0.236 e. The van der Waals surface area contributed by atoms with E-state index in [1.54, 1.807) is 6.20 Å². The van der Waals surface area contributed by atoms with Crippen LogP contribution in [-0.4, -0.2) is 59.0 Å². The maximum Gasteiger partial charge on any atom is 0.236 e. The van der Waals surface area contributed by atoms with Crippen molar-refractivity contribution >= 4 is 5.91 Å². The van der Waals surface area contributed by atoms with Crippen LogP contribution < -0.4 is 5.32 Å². The number of ether oxygens (including phenoxy) is 1. The lowest BCUT2D eigenvalue weighted by molar-refractivity contribution is -0.137. The fourth-order valence-corrected chi connectivity index (χ4v) is 2.17. The van der Waals surface area contributed by atoms with Gasteiger partial charge in [-0.25, -0.2) is 0 Å². The zero-order valence-electron chi connectivity index (χ0n) is 11.6. The lowest BCUT2D eigenvalue weighted by atomic mass is 10.3. The first kappa shape index (κ1) is 14.0. The van der Waals surface area contributed by atoms with Crippen LogP contribution in [0.25, 0.3) is 0 Å². The maximum absolute atomic E-state index is 12.0. The van der Waals surface area contributed by atoms with Crippen molar-refractivity contribution in [2.24, 2.45) is 0 Å². The van der Waals surface area contributed by atoms with Crippen molar-refractivity contribution in [3.8, 4) is 0 Å². The number of hydrogen-bond acceptors (Lipinski definition) is 4. The van der Waals surface area contributed by atoms with Crippen molar-refractivity contribution in [3.05, 3.63) is 18.5 Å². The summed E-state index contributed by atoms with van der Waals surface area (Å²) in [6, 6.07) is 2.11. The number of morpholine rings is 1. The standard InChI is InChI=1S/C13H22N4O2/c1-11(9-17-5-3-4-15-17)14-8-13(18)16-6-7-19-12(2)10-16/h3-5,11-12,14H,6-10H2,1-2H3/t11-,12-/m1/s1. The molecule has 0 unspecified atom stereocenters. The van der Waals surface area contributed by atoms with Crippen LogP contribution in [-0.2, 0) is 16.1 Å². The van der Waals surface area contributed by atoms with Gasteiger partial charge in [0.1, 0.15) is 0 Å². The average Bonchev–Trinajstić information content (AvgIpc) is 2.88. The van der Waals surface area contributed by atoms with Gasteiger partial charge in [-0.2, -0.15) is 5.10 Å². The second-order valence-corrected chi connectivity index (χ2v) is 5.03. The molecule has 1 aromatic rings. The van der Waals surface area contributed by atoms with Crippen molar-refractivity contribution in [1.82, 2.24) is 20.0 Å². The lowest BCUT2D eigenvalue weighted by Gasteiger charge is -2.31. The highest BCUT2D eigenvalue weighted by molar-refractivity contribution is 5.78. The summed E-state index contributed by atoms with van der Waals surface area (Å²) in [7, 11) is 0. The maximum atomic E-state index is 12.0. The normalized spacial score (nSPS) is 21.4. The summed E-state index contributed by atoms with van der Waals surface area (Å²) in [5.74, 6) is 0.141. The third-order valence-electron chi connectivity index (χ3n) is 3.22. The van der Waals surface area contributed by atoms with Gasteiger partial charge in [0.2, 0.25) is 5.91 Å². The van der Waals surface area contributed by atoms with Gasteiger partial charge in [0.25, 0.3) is 0 Å². The molecule has 0 bridgehead atoms. The molecule has 6 heteroatoms. The van der Waals surface area contributed by atoms with Gasteiger partial charge in [0, 0.05) is 31.5 Å². The Bertz CT molecular complexity index is 393. The summed E-state index contributed by atoms with van der Waals surface area (Å²) in [5.41, 5.74) is 0. The fraction of sp³-hybridized carbons (Fsp3) is 0.692. The van der Waals surface area contributed by atoms with Gasteiger partial charge in [0.05, 0.1) is 25.8 Å². The Labute approximate surface area is 113 Å². The molecule has 1 aromatic heterocycles. The molecule has 1 N–H and O–H groups in total. The van der Waals surface area contributed by atoms with E-state index in [2.05, 4.69) is 17.3 Å². The molecule has 1 aliphatic heterocycles. The van der Waals surface area contributed by atoms with E-state index in [0.717, 1.165) is 6.54 Å². The summed E-state index contributed by atoms with van der Waals surface area (Å²) in [5, 5.41) is 7.39. The molecular weight excluding hydrogens is 244 g/mol. The highest BCUT2D eigenvalue weighted by Gasteiger charge is 2.21. The number of nitrogens with zero attached hydrogens (tertiary/aromatic N) is 3. The molecule has 1 fully saturated rings. The van der Waals surface area contributed by atoms with Gasteiger partial charge in [-0.1, -0.05) is 0 Å². The zero-order chi connectivity index (χ0) is 13.7. The van der Waals surface area contributed by atoms with Gasteiger partial charge in [-0.3, -0.25) is 9.48 Å². The van der Waals surface area contributed by atoms with Crippen LogP contribution >= 0.6 is 0 Å². The second kappa shape index (κ2) is 6.68. The molecule has 1 aliphatic rings. The molecule has 2 atom stereocenters.